The van der Waals surface area contributed by atoms with Gasteiger partial charge in [-0.2, -0.15) is 5.10 Å². The molecule has 2 saturated carbocycles. The van der Waals surface area contributed by atoms with Gasteiger partial charge >= 0.3 is 6.03 Å². The van der Waals surface area contributed by atoms with Crippen molar-refractivity contribution in [2.45, 2.75) is 71.9 Å². The van der Waals surface area contributed by atoms with Crippen LogP contribution in [-0.2, 0) is 6.54 Å². The zero-order chi connectivity index (χ0) is 15.7. The molecule has 2 atom stereocenters. The van der Waals surface area contributed by atoms with Gasteiger partial charge in [-0.25, -0.2) is 4.79 Å². The summed E-state index contributed by atoms with van der Waals surface area (Å²) in [5.74, 6) is 1.55. The molecule has 122 valence electrons. The van der Waals surface area contributed by atoms with Crippen molar-refractivity contribution in [2.24, 2.45) is 11.8 Å². The Labute approximate surface area is 132 Å². The van der Waals surface area contributed by atoms with Crippen LogP contribution in [0.5, 0.6) is 0 Å². The van der Waals surface area contributed by atoms with Crippen LogP contribution in [0.25, 0.3) is 0 Å². The van der Waals surface area contributed by atoms with Gasteiger partial charge in [0.1, 0.15) is 0 Å². The fraction of sp³-hybridized carbons (Fsp3) is 0.765. The van der Waals surface area contributed by atoms with Gasteiger partial charge in [0, 0.05) is 12.6 Å². The van der Waals surface area contributed by atoms with Crippen molar-refractivity contribution < 1.29 is 4.79 Å². The summed E-state index contributed by atoms with van der Waals surface area (Å²) in [6, 6.07) is 0.301. The molecule has 2 fully saturated rings. The monoisotopic (exact) mass is 304 g/mol. The third-order valence-corrected chi connectivity index (χ3v) is 5.33. The second kappa shape index (κ2) is 6.31. The summed E-state index contributed by atoms with van der Waals surface area (Å²) >= 11 is 0. The molecule has 0 aliphatic heterocycles. The topological polar surface area (TPSA) is 59.0 Å². The molecule has 2 amide bonds. The molecule has 1 aromatic rings. The first-order valence-corrected chi connectivity index (χ1v) is 8.71. The summed E-state index contributed by atoms with van der Waals surface area (Å²) < 4.78 is 1.92. The molecule has 0 saturated heterocycles. The number of hydrogen-bond acceptors (Lipinski definition) is 2. The first-order chi connectivity index (χ1) is 10.6. The van der Waals surface area contributed by atoms with E-state index in [9.17, 15) is 4.79 Å². The molecule has 1 heterocycles. The van der Waals surface area contributed by atoms with E-state index in [0.717, 1.165) is 36.0 Å². The summed E-state index contributed by atoms with van der Waals surface area (Å²) in [6.45, 7) is 6.82. The fourth-order valence-corrected chi connectivity index (χ4v) is 3.97. The number of nitrogens with zero attached hydrogens (tertiary/aromatic N) is 2. The van der Waals surface area contributed by atoms with E-state index in [4.69, 9.17) is 0 Å². The number of amides is 2. The molecule has 2 aliphatic rings. The fourth-order valence-electron chi connectivity index (χ4n) is 3.97. The van der Waals surface area contributed by atoms with Crippen LogP contribution in [-0.4, -0.2) is 21.9 Å². The Morgan fingerprint density at radius 2 is 2.00 bits per heavy atom. The molecule has 3 rings (SSSR count). The van der Waals surface area contributed by atoms with Gasteiger partial charge in [0.05, 0.1) is 17.1 Å². The maximum Gasteiger partial charge on any atom is 0.319 e. The van der Waals surface area contributed by atoms with Crippen LogP contribution in [0, 0.1) is 25.7 Å². The zero-order valence-electron chi connectivity index (χ0n) is 14.0. The van der Waals surface area contributed by atoms with Gasteiger partial charge in [-0.3, -0.25) is 4.68 Å². The van der Waals surface area contributed by atoms with E-state index in [1.54, 1.807) is 0 Å². The molecule has 2 aliphatic carbocycles. The summed E-state index contributed by atoms with van der Waals surface area (Å²) in [4.78, 5) is 12.2. The van der Waals surface area contributed by atoms with Crippen LogP contribution in [0.15, 0.2) is 0 Å². The van der Waals surface area contributed by atoms with Crippen molar-refractivity contribution in [3.63, 3.8) is 0 Å². The van der Waals surface area contributed by atoms with Crippen molar-refractivity contribution in [3.8, 4) is 0 Å². The highest BCUT2D eigenvalue weighted by molar-refractivity contribution is 5.90. The third-order valence-electron chi connectivity index (χ3n) is 5.33. The second-order valence-electron chi connectivity index (χ2n) is 6.86. The lowest BCUT2D eigenvalue weighted by molar-refractivity contribution is 0.249. The minimum atomic E-state index is -0.0786. The lowest BCUT2D eigenvalue weighted by Crippen LogP contribution is -2.32. The zero-order valence-corrected chi connectivity index (χ0v) is 14.0. The number of anilines is 1. The molecule has 0 spiro atoms. The Morgan fingerprint density at radius 3 is 2.64 bits per heavy atom. The van der Waals surface area contributed by atoms with Gasteiger partial charge in [0.2, 0.25) is 0 Å². The van der Waals surface area contributed by atoms with Crippen molar-refractivity contribution in [3.05, 3.63) is 11.4 Å². The molecule has 0 aromatic carbocycles. The Kier molecular flexibility index (Phi) is 4.41. The first kappa shape index (κ1) is 15.4. The number of rotatable bonds is 4. The van der Waals surface area contributed by atoms with Gasteiger partial charge in [0.25, 0.3) is 0 Å². The Morgan fingerprint density at radius 1 is 1.27 bits per heavy atom. The Bertz CT molecular complexity index is 545. The van der Waals surface area contributed by atoms with Crippen molar-refractivity contribution in [1.82, 2.24) is 15.1 Å². The Hall–Kier alpha value is -1.52. The van der Waals surface area contributed by atoms with E-state index >= 15 is 0 Å². The highest BCUT2D eigenvalue weighted by atomic mass is 16.2. The van der Waals surface area contributed by atoms with E-state index < -0.39 is 0 Å². The van der Waals surface area contributed by atoms with E-state index in [2.05, 4.69) is 22.7 Å². The molecular weight excluding hydrogens is 276 g/mol. The minimum Gasteiger partial charge on any atom is -0.335 e. The van der Waals surface area contributed by atoms with Gasteiger partial charge < -0.3 is 10.6 Å². The summed E-state index contributed by atoms with van der Waals surface area (Å²) in [5, 5.41) is 10.6. The van der Waals surface area contributed by atoms with Crippen LogP contribution >= 0.6 is 0 Å². The number of hydrogen-bond donors (Lipinski definition) is 2. The average Bonchev–Trinajstić information content (AvgIpc) is 3.23. The predicted molar refractivity (Wildman–Crippen MR) is 88.0 cm³/mol. The third kappa shape index (κ3) is 3.13. The molecule has 5 heteroatoms. The molecule has 0 unspecified atom stereocenters. The number of carbonyl (C=O) groups is 1. The number of carbonyl (C=O) groups excluding carboxylic acids is 1. The summed E-state index contributed by atoms with van der Waals surface area (Å²) in [7, 11) is 0. The first-order valence-electron chi connectivity index (χ1n) is 8.71. The lowest BCUT2D eigenvalue weighted by atomic mass is 9.85. The maximum atomic E-state index is 12.2. The van der Waals surface area contributed by atoms with Crippen LogP contribution < -0.4 is 10.6 Å². The smallest absolute Gasteiger partial charge is 0.319 e. The van der Waals surface area contributed by atoms with E-state index in [-0.39, 0.29) is 6.03 Å². The summed E-state index contributed by atoms with van der Waals surface area (Å²) in [6.07, 6.45) is 7.99. The van der Waals surface area contributed by atoms with E-state index in [0.29, 0.717) is 12.0 Å². The summed E-state index contributed by atoms with van der Waals surface area (Å²) in [5.41, 5.74) is 2.76. The van der Waals surface area contributed by atoms with Gasteiger partial charge in [-0.05, 0) is 39.0 Å². The quantitative estimate of drug-likeness (QED) is 0.892. The van der Waals surface area contributed by atoms with Crippen LogP contribution in [0.1, 0.15) is 56.8 Å². The van der Waals surface area contributed by atoms with E-state index in [1.807, 2.05) is 18.5 Å². The standard InChI is InChI=1S/C17H28N4O/c1-4-21-12(3)16(11(2)20-21)19-17(22)18-15-10-14(15)13-8-6-5-7-9-13/h13-15H,4-10H2,1-3H3,(H2,18,19,22)/t14-,15+/m1/s1. The molecule has 2 N–H and O–H groups in total. The second-order valence-corrected chi connectivity index (χ2v) is 6.86. The van der Waals surface area contributed by atoms with Crippen molar-refractivity contribution in [1.29, 1.82) is 0 Å². The molecule has 0 bridgehead atoms. The predicted octanol–water partition coefficient (Wildman–Crippen LogP) is 3.61. The Balaban J connectivity index is 1.52. The van der Waals surface area contributed by atoms with E-state index in [1.165, 1.54) is 32.1 Å². The molecule has 5 nitrogen and oxygen atoms in total. The van der Waals surface area contributed by atoms with Gasteiger partial charge in [0.15, 0.2) is 0 Å². The highest BCUT2D eigenvalue weighted by Crippen LogP contribution is 2.44. The number of nitrogens with one attached hydrogen (secondary N) is 2. The molecule has 22 heavy (non-hydrogen) atoms. The SMILES string of the molecule is CCn1nc(C)c(NC(=O)N[C@H]2C[C@@H]2C2CCCCC2)c1C. The van der Waals surface area contributed by atoms with Crippen LogP contribution in [0.4, 0.5) is 10.5 Å². The highest BCUT2D eigenvalue weighted by Gasteiger charge is 2.43. The van der Waals surface area contributed by atoms with Crippen LogP contribution in [0.3, 0.4) is 0 Å². The largest absolute Gasteiger partial charge is 0.335 e. The van der Waals surface area contributed by atoms with Gasteiger partial charge in [-0.1, -0.05) is 32.1 Å². The average molecular weight is 304 g/mol. The molecule has 0 radical (unpaired) electrons. The number of aromatic nitrogens is 2. The minimum absolute atomic E-state index is 0.0786. The normalized spacial score (nSPS) is 25.0. The maximum absolute atomic E-state index is 12.2. The number of urea groups is 1. The van der Waals surface area contributed by atoms with Crippen molar-refractivity contribution in [2.75, 3.05) is 5.32 Å². The molecular formula is C17H28N4O. The van der Waals surface area contributed by atoms with Crippen LogP contribution in [0.2, 0.25) is 0 Å². The van der Waals surface area contributed by atoms with Crippen molar-refractivity contribution >= 4 is 11.7 Å². The lowest BCUT2D eigenvalue weighted by Gasteiger charge is -2.21. The molecule has 1 aromatic heterocycles. The van der Waals surface area contributed by atoms with Gasteiger partial charge in [-0.15, -0.1) is 0 Å². The number of aryl methyl sites for hydroxylation is 2.